The van der Waals surface area contributed by atoms with Crippen molar-refractivity contribution in [2.24, 2.45) is 11.8 Å². The molecule has 6 aliphatic rings. The summed E-state index contributed by atoms with van der Waals surface area (Å²) >= 11 is 1.62. The average Bonchev–Trinajstić information content (AvgIpc) is 3.78. The first kappa shape index (κ1) is 51.5. The van der Waals surface area contributed by atoms with E-state index in [1.165, 1.54) is 48.9 Å². The fourth-order valence-corrected chi connectivity index (χ4v) is 14.1. The summed E-state index contributed by atoms with van der Waals surface area (Å²) in [5.74, 6) is 1.14. The number of rotatable bonds is 12. The Kier molecular flexibility index (Phi) is 14.7. The van der Waals surface area contributed by atoms with Crippen molar-refractivity contribution in [3.05, 3.63) is 119 Å². The van der Waals surface area contributed by atoms with Crippen LogP contribution in [0.1, 0.15) is 112 Å². The Labute approximate surface area is 432 Å². The van der Waals surface area contributed by atoms with Crippen molar-refractivity contribution >= 4 is 45.0 Å². The topological polar surface area (TPSA) is 135 Å². The minimum absolute atomic E-state index is 0.0110. The maximum Gasteiger partial charge on any atom is 0.325 e. The van der Waals surface area contributed by atoms with Gasteiger partial charge in [0.05, 0.1) is 51.6 Å². The largest absolute Gasteiger partial charge is 0.325 e. The van der Waals surface area contributed by atoms with Gasteiger partial charge in [-0.15, -0.1) is 11.8 Å². The SMILES string of the molecule is CN(C)C1(c2ccccc2)CCC2(CC1)CN(c1ccc(S(C)(=O)=O)cc1C#N)C(=O)N2CC1CCC1.CSc1ccc(N2CC3(CCC(c4ccccc4)(N(C)C)CC3)N(CC3CCC3)C2=O)c(C#N)c1. The van der Waals surface area contributed by atoms with Crippen molar-refractivity contribution in [3.63, 3.8) is 0 Å². The summed E-state index contributed by atoms with van der Waals surface area (Å²) in [6.45, 7) is 2.78. The predicted molar refractivity (Wildman–Crippen MR) is 287 cm³/mol. The Morgan fingerprint density at radius 2 is 1.00 bits per heavy atom. The normalized spacial score (nSPS) is 26.7. The molecule has 14 heteroatoms. The molecule has 4 amide bonds. The van der Waals surface area contributed by atoms with Crippen LogP contribution in [0.3, 0.4) is 0 Å². The fraction of sp³-hybridized carbons (Fsp3) is 0.517. The zero-order valence-corrected chi connectivity index (χ0v) is 44.8. The first-order valence-electron chi connectivity index (χ1n) is 26.0. The highest BCUT2D eigenvalue weighted by molar-refractivity contribution is 7.98. The quantitative estimate of drug-likeness (QED) is 0.127. The Hall–Kier alpha value is -5.38. The highest BCUT2D eigenvalue weighted by Gasteiger charge is 2.57. The number of thioether (sulfide) groups is 1. The molecule has 0 N–H and O–H groups in total. The van der Waals surface area contributed by atoms with E-state index in [1.54, 1.807) is 22.7 Å². The van der Waals surface area contributed by atoms with Crippen LogP contribution in [0.2, 0.25) is 0 Å². The van der Waals surface area contributed by atoms with Crippen molar-refractivity contribution in [1.82, 2.24) is 19.6 Å². The van der Waals surface area contributed by atoms with E-state index < -0.39 is 9.84 Å². The number of carbonyl (C=O) groups is 2. The molecule has 0 unspecified atom stereocenters. The molecule has 72 heavy (non-hydrogen) atoms. The van der Waals surface area contributed by atoms with Crippen molar-refractivity contribution in [1.29, 1.82) is 10.5 Å². The monoisotopic (exact) mass is 1010 g/mol. The number of benzene rings is 4. The van der Waals surface area contributed by atoms with Crippen LogP contribution < -0.4 is 9.80 Å². The van der Waals surface area contributed by atoms with Crippen LogP contribution in [0, 0.1) is 34.5 Å². The third-order valence-electron chi connectivity index (χ3n) is 18.1. The van der Waals surface area contributed by atoms with Crippen molar-refractivity contribution in [2.45, 2.75) is 122 Å². The highest BCUT2D eigenvalue weighted by atomic mass is 32.2. The second-order valence-corrected chi connectivity index (χ2v) is 25.0. The predicted octanol–water partition coefficient (Wildman–Crippen LogP) is 10.9. The number of sulfone groups is 1. The molecule has 10 rings (SSSR count). The maximum absolute atomic E-state index is 14.0. The number of anilines is 2. The Balaban J connectivity index is 0.000000178. The van der Waals surface area contributed by atoms with Gasteiger partial charge >= 0.3 is 12.1 Å². The molecule has 6 fully saturated rings. The van der Waals surface area contributed by atoms with E-state index in [4.69, 9.17) is 0 Å². The van der Waals surface area contributed by atoms with Crippen LogP contribution in [0.4, 0.5) is 21.0 Å². The van der Waals surface area contributed by atoms with Gasteiger partial charge in [0.1, 0.15) is 12.1 Å². The van der Waals surface area contributed by atoms with Gasteiger partial charge in [-0.3, -0.25) is 19.6 Å². The van der Waals surface area contributed by atoms with Gasteiger partial charge in [0.25, 0.3) is 0 Å². The van der Waals surface area contributed by atoms with E-state index in [2.05, 4.69) is 115 Å². The molecule has 0 atom stereocenters. The first-order valence-corrected chi connectivity index (χ1v) is 29.1. The van der Waals surface area contributed by atoms with Gasteiger partial charge in [-0.1, -0.05) is 73.5 Å². The van der Waals surface area contributed by atoms with Crippen LogP contribution in [0.25, 0.3) is 0 Å². The van der Waals surface area contributed by atoms with E-state index in [9.17, 15) is 28.5 Å². The van der Waals surface area contributed by atoms with Gasteiger partial charge in [0.15, 0.2) is 9.84 Å². The van der Waals surface area contributed by atoms with Crippen molar-refractivity contribution in [3.8, 4) is 12.1 Å². The second kappa shape index (κ2) is 20.5. The zero-order valence-electron chi connectivity index (χ0n) is 43.1. The van der Waals surface area contributed by atoms with Gasteiger partial charge in [0.2, 0.25) is 0 Å². The standard InChI is InChI=1S/C29H36N4O3S.C29H36N4OS/c1-31(2)29(24-10-5-4-6-11-24)16-14-28(15-17-29)21-32(27(34)33(28)20-22-8-7-9-22)26-13-12-25(37(3,35)36)18-23(26)19-30;1-31(2)29(24-10-5-4-6-11-24)16-14-28(15-17-29)21-32(27(34)33(28)20-22-8-7-9-22)26-13-12-25(35-3)18-23(26)19-30/h4-6,10-13,18,22H,7-9,14-17,20-21H2,1-3H3;4-6,10-13,18,22H,7-9,14-17,20-21H2,1-3H3. The van der Waals surface area contributed by atoms with Gasteiger partial charge < -0.3 is 9.80 Å². The molecule has 2 spiro atoms. The molecule has 2 heterocycles. The molecule has 4 saturated carbocycles. The molecule has 4 aromatic carbocycles. The lowest BCUT2D eigenvalue weighted by Crippen LogP contribution is -2.56. The summed E-state index contributed by atoms with van der Waals surface area (Å²) in [5.41, 5.74) is 4.18. The zero-order chi connectivity index (χ0) is 51.1. The number of nitriles is 2. The van der Waals surface area contributed by atoms with E-state index >= 15 is 0 Å². The van der Waals surface area contributed by atoms with Crippen molar-refractivity contribution < 1.29 is 18.0 Å². The molecule has 380 valence electrons. The molecule has 2 saturated heterocycles. The van der Waals surface area contributed by atoms with Crippen LogP contribution in [0.5, 0.6) is 0 Å². The molecule has 0 aromatic heterocycles. The number of urea groups is 2. The second-order valence-electron chi connectivity index (χ2n) is 22.1. The molecular weight excluding hydrogens is 937 g/mol. The average molecular weight is 1010 g/mol. The Bertz CT molecular complexity index is 2820. The van der Waals surface area contributed by atoms with E-state index in [0.29, 0.717) is 36.2 Å². The minimum Gasteiger partial charge on any atom is -0.317 e. The third kappa shape index (κ3) is 9.42. The lowest BCUT2D eigenvalue weighted by molar-refractivity contribution is 0.0172. The number of carbonyl (C=O) groups excluding carboxylic acids is 2. The van der Waals surface area contributed by atoms with Crippen LogP contribution >= 0.6 is 11.8 Å². The van der Waals surface area contributed by atoms with E-state index in [-0.39, 0.29) is 44.7 Å². The first-order chi connectivity index (χ1) is 34.5. The molecule has 0 radical (unpaired) electrons. The molecule has 0 bridgehead atoms. The number of hydrogen-bond donors (Lipinski definition) is 0. The Morgan fingerprint density at radius 3 is 1.35 bits per heavy atom. The summed E-state index contributed by atoms with van der Waals surface area (Å²) in [5, 5.41) is 19.8. The fourth-order valence-electron chi connectivity index (χ4n) is 13.0. The molecule has 4 aliphatic carbocycles. The summed E-state index contributed by atoms with van der Waals surface area (Å²) in [7, 11) is 5.21. The van der Waals surface area contributed by atoms with Crippen molar-refractivity contribution in [2.75, 3.05) is 76.7 Å². The van der Waals surface area contributed by atoms with Gasteiger partial charge in [-0.2, -0.15) is 10.5 Å². The summed E-state index contributed by atoms with van der Waals surface area (Å²) in [4.78, 5) is 41.8. The Morgan fingerprint density at radius 1 is 0.597 bits per heavy atom. The van der Waals surface area contributed by atoms with Gasteiger partial charge in [-0.05, 0) is 171 Å². The summed E-state index contributed by atoms with van der Waals surface area (Å²) < 4.78 is 24.2. The summed E-state index contributed by atoms with van der Waals surface area (Å²) in [6, 6.07) is 36.5. The smallest absolute Gasteiger partial charge is 0.317 e. The van der Waals surface area contributed by atoms with Gasteiger partial charge in [-0.25, -0.2) is 18.0 Å². The van der Waals surface area contributed by atoms with Crippen LogP contribution in [-0.4, -0.2) is 118 Å². The molecule has 2 aliphatic heterocycles. The molecule has 12 nitrogen and oxygen atoms in total. The number of amides is 4. The number of hydrogen-bond acceptors (Lipinski definition) is 9. The molecule has 4 aromatic rings. The van der Waals surface area contributed by atoms with Crippen LogP contribution in [-0.2, 0) is 20.9 Å². The maximum atomic E-state index is 14.0. The van der Waals surface area contributed by atoms with E-state index in [1.807, 2.05) is 35.4 Å². The van der Waals surface area contributed by atoms with E-state index in [0.717, 1.165) is 94.1 Å². The minimum atomic E-state index is -3.46. The summed E-state index contributed by atoms with van der Waals surface area (Å²) in [6.07, 6.45) is 18.0. The van der Waals surface area contributed by atoms with Gasteiger partial charge in [0, 0.05) is 35.3 Å². The third-order valence-corrected chi connectivity index (χ3v) is 19.9. The number of nitrogens with zero attached hydrogens (tertiary/aromatic N) is 8. The lowest BCUT2D eigenvalue weighted by Gasteiger charge is -2.51. The highest BCUT2D eigenvalue weighted by Crippen LogP contribution is 2.52. The van der Waals surface area contributed by atoms with Crippen LogP contribution in [0.15, 0.2) is 107 Å². The lowest BCUT2D eigenvalue weighted by atomic mass is 9.68. The molecular formula is C58H72N8O4S2.